The number of rotatable bonds is 9. The van der Waals surface area contributed by atoms with Gasteiger partial charge in [-0.25, -0.2) is 4.79 Å². The van der Waals surface area contributed by atoms with Crippen LogP contribution in [0.15, 0.2) is 72.9 Å². The first kappa shape index (κ1) is 26.5. The topological polar surface area (TPSA) is 123 Å². The van der Waals surface area contributed by atoms with E-state index in [1.54, 1.807) is 37.5 Å². The molecular formula is C30H31N3O5. The molecule has 1 aromatic heterocycles. The number of carbonyl (C=O) groups excluding carboxylic acids is 2. The van der Waals surface area contributed by atoms with Gasteiger partial charge in [0.1, 0.15) is 17.8 Å². The summed E-state index contributed by atoms with van der Waals surface area (Å²) in [6, 6.07) is 17.2. The average Bonchev–Trinajstić information content (AvgIpc) is 3.29. The van der Waals surface area contributed by atoms with Gasteiger partial charge in [-0.2, -0.15) is 0 Å². The second-order valence-electron chi connectivity index (χ2n) is 9.64. The molecule has 3 aromatic carbocycles. The lowest BCUT2D eigenvalue weighted by molar-refractivity contribution is -0.142. The predicted molar refractivity (Wildman–Crippen MR) is 145 cm³/mol. The zero-order valence-electron chi connectivity index (χ0n) is 21.6. The molecule has 4 N–H and O–H groups in total. The van der Waals surface area contributed by atoms with Crippen LogP contribution in [0.5, 0.6) is 5.75 Å². The molecule has 0 bridgehead atoms. The van der Waals surface area contributed by atoms with Crippen LogP contribution in [0.3, 0.4) is 0 Å². The average molecular weight is 514 g/mol. The highest BCUT2D eigenvalue weighted by atomic mass is 16.4. The zero-order valence-corrected chi connectivity index (χ0v) is 21.6. The van der Waals surface area contributed by atoms with Crippen LogP contribution < -0.4 is 5.32 Å². The third-order valence-corrected chi connectivity index (χ3v) is 6.64. The number of aliphatic carboxylic acids is 1. The Morgan fingerprint density at radius 3 is 2.26 bits per heavy atom. The number of aromatic amines is 1. The summed E-state index contributed by atoms with van der Waals surface area (Å²) < 4.78 is 0. The van der Waals surface area contributed by atoms with Crippen molar-refractivity contribution in [3.8, 4) is 5.75 Å². The van der Waals surface area contributed by atoms with Crippen molar-refractivity contribution in [3.05, 3.63) is 101 Å². The van der Waals surface area contributed by atoms with E-state index < -0.39 is 24.0 Å². The summed E-state index contributed by atoms with van der Waals surface area (Å²) in [5.41, 5.74) is 4.65. The monoisotopic (exact) mass is 513 g/mol. The minimum Gasteiger partial charge on any atom is -0.508 e. The maximum Gasteiger partial charge on any atom is 0.326 e. The van der Waals surface area contributed by atoms with Crippen molar-refractivity contribution in [1.29, 1.82) is 0 Å². The maximum atomic E-state index is 13.6. The number of fused-ring (bicyclic) bond motifs is 1. The van der Waals surface area contributed by atoms with Gasteiger partial charge in [0.25, 0.3) is 5.91 Å². The summed E-state index contributed by atoms with van der Waals surface area (Å²) in [4.78, 5) is 43.7. The Morgan fingerprint density at radius 1 is 0.947 bits per heavy atom. The zero-order chi connectivity index (χ0) is 27.4. The number of nitrogens with zero attached hydrogens (tertiary/aromatic N) is 1. The van der Waals surface area contributed by atoms with Gasteiger partial charge in [0.15, 0.2) is 0 Å². The summed E-state index contributed by atoms with van der Waals surface area (Å²) in [5.74, 6) is -2.01. The molecule has 0 aliphatic rings. The quantitative estimate of drug-likeness (QED) is 0.270. The second kappa shape index (κ2) is 11.2. The number of aromatic hydroxyl groups is 1. The third kappa shape index (κ3) is 6.03. The first-order valence-corrected chi connectivity index (χ1v) is 12.3. The molecule has 0 fully saturated rings. The van der Waals surface area contributed by atoms with E-state index in [2.05, 4.69) is 10.3 Å². The minimum atomic E-state index is -1.20. The van der Waals surface area contributed by atoms with Gasteiger partial charge in [0, 0.05) is 42.6 Å². The van der Waals surface area contributed by atoms with E-state index in [-0.39, 0.29) is 24.5 Å². The number of carboxylic acid groups (broad SMARTS) is 1. The maximum absolute atomic E-state index is 13.6. The van der Waals surface area contributed by atoms with E-state index in [1.165, 1.54) is 17.0 Å². The molecule has 196 valence electrons. The van der Waals surface area contributed by atoms with Crippen molar-refractivity contribution < 1.29 is 24.6 Å². The summed E-state index contributed by atoms with van der Waals surface area (Å²) >= 11 is 0. The largest absolute Gasteiger partial charge is 0.508 e. The van der Waals surface area contributed by atoms with Crippen LogP contribution in [-0.4, -0.2) is 57.0 Å². The van der Waals surface area contributed by atoms with Crippen LogP contribution in [0.4, 0.5) is 0 Å². The van der Waals surface area contributed by atoms with Crippen LogP contribution in [0.25, 0.3) is 10.9 Å². The lowest BCUT2D eigenvalue weighted by Gasteiger charge is -2.29. The summed E-state index contributed by atoms with van der Waals surface area (Å²) in [6.45, 7) is 3.79. The molecule has 8 nitrogen and oxygen atoms in total. The number of nitrogens with one attached hydrogen (secondary N) is 2. The number of phenols is 1. The molecule has 0 saturated carbocycles. The van der Waals surface area contributed by atoms with Crippen LogP contribution in [0.2, 0.25) is 0 Å². The molecule has 38 heavy (non-hydrogen) atoms. The Morgan fingerprint density at radius 2 is 1.61 bits per heavy atom. The lowest BCUT2D eigenvalue weighted by atomic mass is 10.0. The first-order chi connectivity index (χ1) is 18.1. The number of phenolic OH excluding ortho intramolecular Hbond substituents is 1. The Kier molecular flexibility index (Phi) is 7.81. The normalized spacial score (nSPS) is 12.6. The summed E-state index contributed by atoms with van der Waals surface area (Å²) in [5, 5.41) is 23.2. The van der Waals surface area contributed by atoms with Gasteiger partial charge in [0.2, 0.25) is 5.91 Å². The number of aromatic nitrogens is 1. The van der Waals surface area contributed by atoms with Crippen LogP contribution >= 0.6 is 0 Å². The first-order valence-electron chi connectivity index (χ1n) is 12.3. The smallest absolute Gasteiger partial charge is 0.326 e. The molecule has 0 radical (unpaired) electrons. The molecule has 0 spiro atoms. The number of H-pyrrole nitrogens is 1. The van der Waals surface area contributed by atoms with Gasteiger partial charge < -0.3 is 25.4 Å². The predicted octanol–water partition coefficient (Wildman–Crippen LogP) is 3.99. The Labute approximate surface area is 220 Å². The van der Waals surface area contributed by atoms with Crippen molar-refractivity contribution in [2.75, 3.05) is 7.05 Å². The van der Waals surface area contributed by atoms with Gasteiger partial charge in [-0.15, -0.1) is 0 Å². The molecule has 1 heterocycles. The lowest BCUT2D eigenvalue weighted by Crippen LogP contribution is -2.53. The van der Waals surface area contributed by atoms with Gasteiger partial charge >= 0.3 is 5.97 Å². The highest BCUT2D eigenvalue weighted by molar-refractivity contribution is 5.98. The molecule has 2 amide bonds. The third-order valence-electron chi connectivity index (χ3n) is 6.64. The second-order valence-corrected chi connectivity index (χ2v) is 9.64. The van der Waals surface area contributed by atoms with E-state index in [1.807, 2.05) is 44.2 Å². The molecule has 0 aliphatic carbocycles. The summed E-state index contributed by atoms with van der Waals surface area (Å²) in [6.07, 6.45) is 1.96. The fourth-order valence-electron chi connectivity index (χ4n) is 4.69. The SMILES string of the molecule is Cc1cc(C)cc(C(=O)N(C)[C@@H](Cc2ccc(O)cc2)C(=O)N[C@@H](Cc2c[nH]c3ccccc23)C(=O)O)c1. The Balaban J connectivity index is 1.61. The van der Waals surface area contributed by atoms with Crippen molar-refractivity contribution >= 4 is 28.7 Å². The van der Waals surface area contributed by atoms with Gasteiger partial charge in [0.05, 0.1) is 0 Å². The van der Waals surface area contributed by atoms with Crippen LogP contribution in [0, 0.1) is 13.8 Å². The van der Waals surface area contributed by atoms with E-state index in [9.17, 15) is 24.6 Å². The number of para-hydroxylation sites is 1. The standard InChI is InChI=1S/C30H31N3O5/c1-18-12-19(2)14-21(13-18)29(36)33(3)27(15-20-8-10-23(34)11-9-20)28(35)32-26(30(37)38)16-22-17-31-25-7-5-4-6-24(22)25/h4-14,17,26-27,31,34H,15-16H2,1-3H3,(H,32,35)(H,37,38)/t26-,27-/m0/s1. The van der Waals surface area contributed by atoms with Gasteiger partial charge in [-0.05, 0) is 55.3 Å². The van der Waals surface area contributed by atoms with Crippen LogP contribution in [-0.2, 0) is 22.4 Å². The number of hydrogen-bond acceptors (Lipinski definition) is 4. The van der Waals surface area contributed by atoms with Crippen molar-refractivity contribution in [3.63, 3.8) is 0 Å². The summed E-state index contributed by atoms with van der Waals surface area (Å²) in [7, 11) is 1.54. The van der Waals surface area contributed by atoms with E-state index in [4.69, 9.17) is 0 Å². The highest BCUT2D eigenvalue weighted by Crippen LogP contribution is 2.20. The molecular weight excluding hydrogens is 482 g/mol. The number of carboxylic acids is 1. The van der Waals surface area contributed by atoms with Crippen LogP contribution in [0.1, 0.15) is 32.6 Å². The van der Waals surface area contributed by atoms with Gasteiger partial charge in [-0.1, -0.05) is 47.5 Å². The van der Waals surface area contributed by atoms with Crippen molar-refractivity contribution in [1.82, 2.24) is 15.2 Å². The van der Waals surface area contributed by atoms with Crippen molar-refractivity contribution in [2.24, 2.45) is 0 Å². The molecule has 8 heteroatoms. The van der Waals surface area contributed by atoms with Crippen molar-refractivity contribution in [2.45, 2.75) is 38.8 Å². The number of hydrogen-bond donors (Lipinski definition) is 4. The molecule has 4 rings (SSSR count). The number of carbonyl (C=O) groups is 3. The number of benzene rings is 3. The molecule has 2 atom stereocenters. The molecule has 0 unspecified atom stereocenters. The number of likely N-dealkylation sites (N-methyl/N-ethyl adjacent to an activating group) is 1. The fourth-order valence-corrected chi connectivity index (χ4v) is 4.69. The van der Waals surface area contributed by atoms with Gasteiger partial charge in [-0.3, -0.25) is 9.59 Å². The Hall–Kier alpha value is -4.59. The molecule has 4 aromatic rings. The fraction of sp³-hybridized carbons (Fsp3) is 0.233. The van der Waals surface area contributed by atoms with E-state index >= 15 is 0 Å². The van der Waals surface area contributed by atoms with E-state index in [0.717, 1.165) is 27.6 Å². The molecule has 0 saturated heterocycles. The number of aryl methyl sites for hydroxylation is 2. The minimum absolute atomic E-state index is 0.0752. The van der Waals surface area contributed by atoms with E-state index in [0.29, 0.717) is 11.1 Å². The Bertz CT molecular complexity index is 1450. The highest BCUT2D eigenvalue weighted by Gasteiger charge is 2.31. The number of amides is 2. The molecule has 0 aliphatic heterocycles.